The highest BCUT2D eigenvalue weighted by Crippen LogP contribution is 2.11. The van der Waals surface area contributed by atoms with Crippen LogP contribution in [-0.2, 0) is 19.9 Å². The summed E-state index contributed by atoms with van der Waals surface area (Å²) in [4.78, 5) is 8.58. The zero-order valence-corrected chi connectivity index (χ0v) is 13.5. The van der Waals surface area contributed by atoms with Gasteiger partial charge in [-0.05, 0) is 38.0 Å². The van der Waals surface area contributed by atoms with Gasteiger partial charge in [0, 0.05) is 44.1 Å². The first-order valence-corrected chi connectivity index (χ1v) is 7.50. The molecular formula is C16H24N6. The standard InChI is InChI=1S/C16H24N6/c1-12-15(13(2)22(3)21-12)8-11-20-16(17)19-10-7-14-6-4-5-9-18-14/h4-6,9H,7-8,10-11H2,1-3H3,(H3,17,19,20). The predicted octanol–water partition coefficient (Wildman–Crippen LogP) is 1.12. The van der Waals surface area contributed by atoms with E-state index in [2.05, 4.69) is 27.3 Å². The number of aliphatic imine (C=N–C) groups is 1. The highest BCUT2D eigenvalue weighted by molar-refractivity contribution is 5.77. The molecule has 0 atom stereocenters. The van der Waals surface area contributed by atoms with Gasteiger partial charge in [0.2, 0.25) is 0 Å². The number of nitrogens with zero attached hydrogens (tertiary/aromatic N) is 4. The first kappa shape index (κ1) is 16.0. The van der Waals surface area contributed by atoms with Crippen molar-refractivity contribution in [3.8, 4) is 0 Å². The zero-order valence-electron chi connectivity index (χ0n) is 13.5. The minimum Gasteiger partial charge on any atom is -0.370 e. The molecule has 2 aromatic heterocycles. The first-order chi connectivity index (χ1) is 10.6. The van der Waals surface area contributed by atoms with Crippen LogP contribution in [0.25, 0.3) is 0 Å². The van der Waals surface area contributed by atoms with Gasteiger partial charge in [0.15, 0.2) is 5.96 Å². The van der Waals surface area contributed by atoms with Crippen LogP contribution in [-0.4, -0.2) is 33.8 Å². The lowest BCUT2D eigenvalue weighted by molar-refractivity contribution is 0.729. The van der Waals surface area contributed by atoms with Crippen molar-refractivity contribution < 1.29 is 0 Å². The molecular weight excluding hydrogens is 276 g/mol. The largest absolute Gasteiger partial charge is 0.370 e. The second kappa shape index (κ2) is 7.59. The molecule has 2 heterocycles. The zero-order chi connectivity index (χ0) is 15.9. The number of pyridine rings is 1. The van der Waals surface area contributed by atoms with E-state index in [9.17, 15) is 0 Å². The van der Waals surface area contributed by atoms with Gasteiger partial charge in [-0.3, -0.25) is 14.7 Å². The van der Waals surface area contributed by atoms with Gasteiger partial charge < -0.3 is 11.1 Å². The van der Waals surface area contributed by atoms with Gasteiger partial charge in [0.05, 0.1) is 5.69 Å². The highest BCUT2D eigenvalue weighted by atomic mass is 15.3. The topological polar surface area (TPSA) is 81.1 Å². The van der Waals surface area contributed by atoms with E-state index in [0.717, 1.165) is 30.8 Å². The maximum absolute atomic E-state index is 5.88. The monoisotopic (exact) mass is 300 g/mol. The molecule has 3 N–H and O–H groups in total. The molecule has 22 heavy (non-hydrogen) atoms. The summed E-state index contributed by atoms with van der Waals surface area (Å²) in [5, 5.41) is 7.56. The number of nitrogens with one attached hydrogen (secondary N) is 1. The van der Waals surface area contributed by atoms with Crippen LogP contribution in [0.3, 0.4) is 0 Å². The molecule has 0 saturated carbocycles. The SMILES string of the molecule is Cc1nn(C)c(C)c1CCNC(N)=NCCc1ccccn1. The van der Waals surface area contributed by atoms with E-state index in [4.69, 9.17) is 5.73 Å². The quantitative estimate of drug-likeness (QED) is 0.619. The molecule has 0 aliphatic rings. The lowest BCUT2D eigenvalue weighted by Crippen LogP contribution is -2.33. The van der Waals surface area contributed by atoms with Crippen LogP contribution < -0.4 is 11.1 Å². The molecule has 0 radical (unpaired) electrons. The van der Waals surface area contributed by atoms with Gasteiger partial charge in [-0.15, -0.1) is 0 Å². The van der Waals surface area contributed by atoms with Crippen LogP contribution in [0.4, 0.5) is 0 Å². The average molecular weight is 300 g/mol. The molecule has 0 bridgehead atoms. The Morgan fingerprint density at radius 1 is 1.32 bits per heavy atom. The van der Waals surface area contributed by atoms with Crippen LogP contribution in [0.15, 0.2) is 29.4 Å². The van der Waals surface area contributed by atoms with Gasteiger partial charge in [0.25, 0.3) is 0 Å². The van der Waals surface area contributed by atoms with E-state index in [1.807, 2.05) is 36.9 Å². The van der Waals surface area contributed by atoms with Crippen molar-refractivity contribution in [3.63, 3.8) is 0 Å². The Balaban J connectivity index is 1.75. The number of rotatable bonds is 6. The van der Waals surface area contributed by atoms with Crippen molar-refractivity contribution >= 4 is 5.96 Å². The van der Waals surface area contributed by atoms with Crippen LogP contribution in [0, 0.1) is 13.8 Å². The van der Waals surface area contributed by atoms with Crippen LogP contribution in [0.2, 0.25) is 0 Å². The van der Waals surface area contributed by atoms with E-state index >= 15 is 0 Å². The molecule has 0 aliphatic carbocycles. The number of hydrogen-bond acceptors (Lipinski definition) is 3. The fourth-order valence-electron chi connectivity index (χ4n) is 2.39. The summed E-state index contributed by atoms with van der Waals surface area (Å²) in [6.07, 6.45) is 3.48. The summed E-state index contributed by atoms with van der Waals surface area (Å²) in [5.74, 6) is 0.482. The molecule has 0 amide bonds. The number of hydrogen-bond donors (Lipinski definition) is 2. The van der Waals surface area contributed by atoms with E-state index in [1.165, 1.54) is 11.3 Å². The van der Waals surface area contributed by atoms with Gasteiger partial charge in [-0.1, -0.05) is 6.07 Å². The molecule has 6 nitrogen and oxygen atoms in total. The Bertz CT molecular complexity index is 630. The molecule has 118 valence electrons. The summed E-state index contributed by atoms with van der Waals surface area (Å²) in [5.41, 5.74) is 10.5. The summed E-state index contributed by atoms with van der Waals surface area (Å²) in [7, 11) is 1.96. The second-order valence-corrected chi connectivity index (χ2v) is 5.29. The summed E-state index contributed by atoms with van der Waals surface area (Å²) < 4.78 is 1.91. The Morgan fingerprint density at radius 3 is 2.77 bits per heavy atom. The van der Waals surface area contributed by atoms with Crippen molar-refractivity contribution in [1.82, 2.24) is 20.1 Å². The Morgan fingerprint density at radius 2 is 2.14 bits per heavy atom. The van der Waals surface area contributed by atoms with E-state index in [1.54, 1.807) is 6.20 Å². The van der Waals surface area contributed by atoms with Crippen molar-refractivity contribution in [3.05, 3.63) is 47.0 Å². The summed E-state index contributed by atoms with van der Waals surface area (Å²) in [6, 6.07) is 5.88. The van der Waals surface area contributed by atoms with Crippen LogP contribution in [0.1, 0.15) is 22.6 Å². The fraction of sp³-hybridized carbons (Fsp3) is 0.438. The molecule has 0 fully saturated rings. The molecule has 0 unspecified atom stereocenters. The maximum Gasteiger partial charge on any atom is 0.188 e. The van der Waals surface area contributed by atoms with Crippen molar-refractivity contribution in [2.75, 3.05) is 13.1 Å². The third-order valence-corrected chi connectivity index (χ3v) is 3.72. The lowest BCUT2D eigenvalue weighted by Gasteiger charge is -2.06. The Hall–Kier alpha value is -2.37. The Labute approximate surface area is 131 Å². The number of aryl methyl sites for hydroxylation is 2. The van der Waals surface area contributed by atoms with Crippen molar-refractivity contribution in [1.29, 1.82) is 0 Å². The number of aromatic nitrogens is 3. The van der Waals surface area contributed by atoms with Gasteiger partial charge in [-0.25, -0.2) is 0 Å². The second-order valence-electron chi connectivity index (χ2n) is 5.29. The summed E-state index contributed by atoms with van der Waals surface area (Å²) >= 11 is 0. The average Bonchev–Trinajstić information content (AvgIpc) is 2.74. The normalized spacial score (nSPS) is 11.7. The minimum absolute atomic E-state index is 0.482. The molecule has 0 aromatic carbocycles. The number of nitrogens with two attached hydrogens (primary N) is 1. The fourth-order valence-corrected chi connectivity index (χ4v) is 2.39. The van der Waals surface area contributed by atoms with E-state index < -0.39 is 0 Å². The smallest absolute Gasteiger partial charge is 0.188 e. The minimum atomic E-state index is 0.482. The lowest BCUT2D eigenvalue weighted by atomic mass is 10.1. The molecule has 2 aromatic rings. The van der Waals surface area contributed by atoms with E-state index in [0.29, 0.717) is 12.5 Å². The number of guanidine groups is 1. The van der Waals surface area contributed by atoms with Gasteiger partial charge >= 0.3 is 0 Å². The molecule has 0 saturated heterocycles. The molecule has 2 rings (SSSR count). The predicted molar refractivity (Wildman–Crippen MR) is 88.8 cm³/mol. The Kier molecular flexibility index (Phi) is 5.52. The first-order valence-electron chi connectivity index (χ1n) is 7.50. The molecule has 0 aliphatic heterocycles. The third kappa shape index (κ3) is 4.31. The van der Waals surface area contributed by atoms with E-state index in [-0.39, 0.29) is 0 Å². The molecule has 0 spiro atoms. The van der Waals surface area contributed by atoms with Gasteiger partial charge in [0.1, 0.15) is 0 Å². The van der Waals surface area contributed by atoms with Crippen molar-refractivity contribution in [2.45, 2.75) is 26.7 Å². The third-order valence-electron chi connectivity index (χ3n) is 3.72. The molecule has 6 heteroatoms. The van der Waals surface area contributed by atoms with Crippen LogP contribution >= 0.6 is 0 Å². The summed E-state index contributed by atoms with van der Waals surface area (Å²) in [6.45, 7) is 5.51. The van der Waals surface area contributed by atoms with Crippen LogP contribution in [0.5, 0.6) is 0 Å². The highest BCUT2D eigenvalue weighted by Gasteiger charge is 2.08. The van der Waals surface area contributed by atoms with Gasteiger partial charge in [-0.2, -0.15) is 5.10 Å². The van der Waals surface area contributed by atoms with Crippen molar-refractivity contribution in [2.24, 2.45) is 17.8 Å². The maximum atomic E-state index is 5.88.